The molecule has 2 aliphatic rings. The van der Waals surface area contributed by atoms with Gasteiger partial charge < -0.3 is 20.7 Å². The number of alkyl carbamates (subject to hydrolysis) is 1. The van der Waals surface area contributed by atoms with Crippen LogP contribution in [-0.4, -0.2) is 23.8 Å². The first kappa shape index (κ1) is 23.2. The highest BCUT2D eigenvalue weighted by Gasteiger charge is 2.39. The first-order chi connectivity index (χ1) is 15.6. The van der Waals surface area contributed by atoms with Crippen molar-refractivity contribution in [3.8, 4) is 0 Å². The number of amides is 1. The molecule has 0 saturated carbocycles. The number of benzene rings is 2. The smallest absolute Gasteiger partial charge is 0.407 e. The van der Waals surface area contributed by atoms with Gasteiger partial charge in [-0.15, -0.1) is 0 Å². The second kappa shape index (κ2) is 9.14. The Bertz CT molecular complexity index is 1100. The Morgan fingerprint density at radius 1 is 1.21 bits per heavy atom. The number of ether oxygens (including phenoxy) is 1. The molecule has 5 nitrogen and oxygen atoms in total. The molecule has 1 aliphatic heterocycles. The highest BCUT2D eigenvalue weighted by Crippen LogP contribution is 2.49. The average Bonchev–Trinajstić information content (AvgIpc) is 3.04. The number of anilines is 2. The topological polar surface area (TPSA) is 62.4 Å². The number of carbonyl (C=O) groups excluding carboxylic acids is 1. The molecule has 0 fully saturated rings. The summed E-state index contributed by atoms with van der Waals surface area (Å²) in [4.78, 5) is 12.1. The van der Waals surface area contributed by atoms with Crippen LogP contribution in [0.25, 0.3) is 5.57 Å². The van der Waals surface area contributed by atoms with Gasteiger partial charge in [0.05, 0.1) is 5.54 Å². The lowest BCUT2D eigenvalue weighted by atomic mass is 9.84. The number of nitrogens with one attached hydrogen (secondary N) is 3. The minimum absolute atomic E-state index is 0.188. The Balaban J connectivity index is 1.58. The third-order valence-corrected chi connectivity index (χ3v) is 6.16. The van der Waals surface area contributed by atoms with Crippen LogP contribution in [0.2, 0.25) is 0 Å². The first-order valence-corrected chi connectivity index (χ1v) is 11.8. The lowest BCUT2D eigenvalue weighted by Gasteiger charge is -2.29. The van der Waals surface area contributed by atoms with Gasteiger partial charge in [-0.25, -0.2) is 4.79 Å². The summed E-state index contributed by atoms with van der Waals surface area (Å²) < 4.78 is 5.38. The molecule has 0 aromatic heterocycles. The van der Waals surface area contributed by atoms with Crippen LogP contribution >= 0.6 is 11.6 Å². The molecule has 0 bridgehead atoms. The van der Waals surface area contributed by atoms with Crippen LogP contribution in [0.5, 0.6) is 0 Å². The van der Waals surface area contributed by atoms with Crippen molar-refractivity contribution in [2.45, 2.75) is 58.2 Å². The monoisotopic (exact) mass is 465 g/mol. The van der Waals surface area contributed by atoms with E-state index in [-0.39, 0.29) is 5.54 Å². The van der Waals surface area contributed by atoms with Crippen LogP contribution in [0.4, 0.5) is 16.2 Å². The van der Waals surface area contributed by atoms with Crippen LogP contribution in [0, 0.1) is 0 Å². The molecule has 0 spiro atoms. The van der Waals surface area contributed by atoms with Gasteiger partial charge >= 0.3 is 6.09 Å². The van der Waals surface area contributed by atoms with Gasteiger partial charge in [-0.05, 0) is 75.4 Å². The van der Waals surface area contributed by atoms with Gasteiger partial charge in [0.1, 0.15) is 5.60 Å². The number of carbonyl (C=O) groups is 1. The van der Waals surface area contributed by atoms with Gasteiger partial charge in [-0.2, -0.15) is 0 Å². The number of rotatable bonds is 6. The number of fused-ring (bicyclic) bond motifs is 3. The average molecular weight is 466 g/mol. The van der Waals surface area contributed by atoms with E-state index in [1.54, 1.807) is 0 Å². The summed E-state index contributed by atoms with van der Waals surface area (Å²) in [6.07, 6.45) is 5.23. The minimum Gasteiger partial charge on any atom is -0.444 e. The van der Waals surface area contributed by atoms with Gasteiger partial charge in [-0.3, -0.25) is 0 Å². The second-order valence-electron chi connectivity index (χ2n) is 9.88. The molecule has 2 aromatic rings. The first-order valence-electron chi connectivity index (χ1n) is 11.4. The van der Waals surface area contributed by atoms with E-state index < -0.39 is 11.7 Å². The van der Waals surface area contributed by atoms with E-state index in [2.05, 4.69) is 59.3 Å². The summed E-state index contributed by atoms with van der Waals surface area (Å²) in [6, 6.07) is 14.7. The van der Waals surface area contributed by atoms with Crippen molar-refractivity contribution in [3.05, 3.63) is 76.3 Å². The van der Waals surface area contributed by atoms with Gasteiger partial charge in [0.2, 0.25) is 0 Å². The van der Waals surface area contributed by atoms with E-state index in [1.165, 1.54) is 11.1 Å². The Morgan fingerprint density at radius 3 is 2.70 bits per heavy atom. The molecule has 1 aliphatic carbocycles. The molecule has 0 saturated heterocycles. The number of hydrogen-bond acceptors (Lipinski definition) is 4. The fourth-order valence-electron chi connectivity index (χ4n) is 4.31. The van der Waals surface area contributed by atoms with Crippen LogP contribution in [0.3, 0.4) is 0 Å². The molecule has 1 unspecified atom stereocenters. The fourth-order valence-corrected chi connectivity index (χ4v) is 4.50. The predicted octanol–water partition coefficient (Wildman–Crippen LogP) is 6.46. The number of halogens is 1. The van der Waals surface area contributed by atoms with Crippen molar-refractivity contribution in [2.75, 3.05) is 17.2 Å². The molecule has 2 aromatic carbocycles. The van der Waals surface area contributed by atoms with Crippen molar-refractivity contribution in [1.82, 2.24) is 5.32 Å². The predicted molar refractivity (Wildman–Crippen MR) is 137 cm³/mol. The van der Waals surface area contributed by atoms with E-state index in [1.807, 2.05) is 39.0 Å². The van der Waals surface area contributed by atoms with Crippen LogP contribution in [0.15, 0.2) is 59.6 Å². The lowest BCUT2D eigenvalue weighted by Crippen LogP contribution is -2.34. The molecular weight excluding hydrogens is 434 g/mol. The second-order valence-corrected chi connectivity index (χ2v) is 10.3. The summed E-state index contributed by atoms with van der Waals surface area (Å²) in [6.45, 7) is 9.01. The van der Waals surface area contributed by atoms with Crippen molar-refractivity contribution >= 4 is 34.6 Å². The Morgan fingerprint density at radius 2 is 1.97 bits per heavy atom. The zero-order valence-electron chi connectivity index (χ0n) is 19.7. The van der Waals surface area contributed by atoms with Crippen molar-refractivity contribution < 1.29 is 9.53 Å². The normalized spacial score (nSPS) is 18.9. The highest BCUT2D eigenvalue weighted by molar-refractivity contribution is 6.32. The van der Waals surface area contributed by atoms with Gasteiger partial charge in [0, 0.05) is 35.1 Å². The van der Waals surface area contributed by atoms with Crippen molar-refractivity contribution in [2.24, 2.45) is 0 Å². The lowest BCUT2D eigenvalue weighted by molar-refractivity contribution is 0.0528. The zero-order valence-corrected chi connectivity index (χ0v) is 20.5. The van der Waals surface area contributed by atoms with Crippen LogP contribution < -0.4 is 16.0 Å². The standard InChI is InChI=1S/C27H32ClN3O2/c1-26(2,3)33-25(32)29-13-11-19-14-21(30-17-18-8-6-5-7-9-18)16-22-23-15-20(28)10-12-27(23,4)31-24(19)22/h5-10,14-16,30-31H,11-13,17H2,1-4H3,(H,29,32). The summed E-state index contributed by atoms with van der Waals surface area (Å²) in [5.74, 6) is 0. The summed E-state index contributed by atoms with van der Waals surface area (Å²) in [5, 5.41) is 11.0. The third-order valence-electron chi connectivity index (χ3n) is 5.90. The largest absolute Gasteiger partial charge is 0.444 e. The Labute approximate surface area is 201 Å². The molecule has 6 heteroatoms. The SMILES string of the molecule is CC(C)(C)OC(=O)NCCc1cc(NCc2ccccc2)cc2c1NC1(C)CC=C(Cl)C=C21. The molecular formula is C27H32ClN3O2. The molecule has 1 heterocycles. The molecule has 0 radical (unpaired) electrons. The van der Waals surface area contributed by atoms with E-state index in [4.69, 9.17) is 16.3 Å². The van der Waals surface area contributed by atoms with Crippen molar-refractivity contribution in [1.29, 1.82) is 0 Å². The maximum absolute atomic E-state index is 12.1. The van der Waals surface area contributed by atoms with Crippen LogP contribution in [0.1, 0.15) is 50.8 Å². The minimum atomic E-state index is -0.517. The van der Waals surface area contributed by atoms with Gasteiger partial charge in [0.15, 0.2) is 0 Å². The fraction of sp³-hybridized carbons (Fsp3) is 0.370. The zero-order chi connectivity index (χ0) is 23.6. The van der Waals surface area contributed by atoms with E-state index >= 15 is 0 Å². The number of allylic oxidation sites excluding steroid dienone is 2. The number of hydrogen-bond donors (Lipinski definition) is 3. The Kier molecular flexibility index (Phi) is 6.44. The maximum atomic E-state index is 12.1. The van der Waals surface area contributed by atoms with Gasteiger partial charge in [-0.1, -0.05) is 48.0 Å². The highest BCUT2D eigenvalue weighted by atomic mass is 35.5. The summed E-state index contributed by atoms with van der Waals surface area (Å²) in [7, 11) is 0. The van der Waals surface area contributed by atoms with E-state index in [9.17, 15) is 4.79 Å². The molecule has 174 valence electrons. The maximum Gasteiger partial charge on any atom is 0.407 e. The Hall–Kier alpha value is -2.92. The molecule has 1 atom stereocenters. The van der Waals surface area contributed by atoms with Crippen LogP contribution in [-0.2, 0) is 17.7 Å². The summed E-state index contributed by atoms with van der Waals surface area (Å²) in [5.41, 5.74) is 6.18. The third kappa shape index (κ3) is 5.53. The quantitative estimate of drug-likeness (QED) is 0.458. The molecule has 1 amide bonds. The van der Waals surface area contributed by atoms with Crippen molar-refractivity contribution in [3.63, 3.8) is 0 Å². The molecule has 33 heavy (non-hydrogen) atoms. The summed E-state index contributed by atoms with van der Waals surface area (Å²) >= 11 is 6.38. The molecule has 3 N–H and O–H groups in total. The van der Waals surface area contributed by atoms with E-state index in [0.717, 1.165) is 40.5 Å². The molecule has 4 rings (SSSR count). The van der Waals surface area contributed by atoms with E-state index in [0.29, 0.717) is 13.0 Å². The van der Waals surface area contributed by atoms with Gasteiger partial charge in [0.25, 0.3) is 0 Å².